The summed E-state index contributed by atoms with van der Waals surface area (Å²) in [5.41, 5.74) is -0.0494. The lowest BCUT2D eigenvalue weighted by atomic mass is 9.92. The van der Waals surface area contributed by atoms with Crippen LogP contribution < -0.4 is 5.32 Å². The molecule has 0 radical (unpaired) electrons. The maximum atomic E-state index is 11.3. The molecule has 1 N–H and O–H groups in total. The van der Waals surface area contributed by atoms with Gasteiger partial charge in [0.05, 0.1) is 13.0 Å². The highest BCUT2D eigenvalue weighted by Crippen LogP contribution is 2.41. The Morgan fingerprint density at radius 1 is 1.62 bits per heavy atom. The first kappa shape index (κ1) is 10.5. The summed E-state index contributed by atoms with van der Waals surface area (Å²) in [6.45, 7) is 4.41. The van der Waals surface area contributed by atoms with Crippen molar-refractivity contribution in [1.82, 2.24) is 5.32 Å². The predicted molar refractivity (Wildman–Crippen MR) is 51.4 cm³/mol. The van der Waals surface area contributed by atoms with Gasteiger partial charge in [0.1, 0.15) is 0 Å². The molecular weight excluding hydrogens is 166 g/mol. The SMILES string of the molecule is CCOC(=O)CC(C)(NC)C1CC1. The Hall–Kier alpha value is -0.570. The summed E-state index contributed by atoms with van der Waals surface area (Å²) in [7, 11) is 1.91. The van der Waals surface area contributed by atoms with Gasteiger partial charge in [0, 0.05) is 5.54 Å². The molecule has 0 saturated heterocycles. The van der Waals surface area contributed by atoms with Crippen molar-refractivity contribution >= 4 is 5.97 Å². The van der Waals surface area contributed by atoms with Crippen molar-refractivity contribution in [2.24, 2.45) is 5.92 Å². The standard InChI is InChI=1S/C10H19NO2/c1-4-13-9(12)7-10(2,11-3)8-5-6-8/h8,11H,4-7H2,1-3H3. The number of carbonyl (C=O) groups excluding carboxylic acids is 1. The number of ether oxygens (including phenoxy) is 1. The molecule has 1 unspecified atom stereocenters. The monoisotopic (exact) mass is 185 g/mol. The van der Waals surface area contributed by atoms with Crippen LogP contribution in [0.4, 0.5) is 0 Å². The fourth-order valence-corrected chi connectivity index (χ4v) is 1.67. The average molecular weight is 185 g/mol. The van der Waals surface area contributed by atoms with E-state index in [2.05, 4.69) is 12.2 Å². The van der Waals surface area contributed by atoms with E-state index in [0.29, 0.717) is 18.9 Å². The summed E-state index contributed by atoms with van der Waals surface area (Å²) in [6.07, 6.45) is 2.95. The zero-order valence-electron chi connectivity index (χ0n) is 8.72. The molecule has 0 aromatic rings. The highest BCUT2D eigenvalue weighted by Gasteiger charge is 2.41. The first-order valence-corrected chi connectivity index (χ1v) is 4.97. The number of rotatable bonds is 5. The van der Waals surface area contributed by atoms with E-state index in [1.54, 1.807) is 0 Å². The molecule has 13 heavy (non-hydrogen) atoms. The van der Waals surface area contributed by atoms with Crippen LogP contribution >= 0.6 is 0 Å². The molecule has 1 saturated carbocycles. The van der Waals surface area contributed by atoms with E-state index in [1.807, 2.05) is 14.0 Å². The van der Waals surface area contributed by atoms with Crippen molar-refractivity contribution in [3.05, 3.63) is 0 Å². The number of esters is 1. The minimum absolute atomic E-state index is 0.0494. The summed E-state index contributed by atoms with van der Waals surface area (Å²) in [5.74, 6) is 0.563. The largest absolute Gasteiger partial charge is 0.466 e. The lowest BCUT2D eigenvalue weighted by Gasteiger charge is -2.28. The average Bonchev–Trinajstić information content (AvgIpc) is 2.86. The molecule has 1 aliphatic carbocycles. The molecule has 0 amide bonds. The van der Waals surface area contributed by atoms with Crippen LogP contribution in [0.25, 0.3) is 0 Å². The minimum atomic E-state index is -0.0914. The van der Waals surface area contributed by atoms with E-state index < -0.39 is 0 Å². The van der Waals surface area contributed by atoms with Crippen molar-refractivity contribution in [2.45, 2.75) is 38.6 Å². The topological polar surface area (TPSA) is 38.3 Å². The molecule has 0 aromatic carbocycles. The summed E-state index contributed by atoms with van der Waals surface area (Å²) in [4.78, 5) is 11.3. The molecule has 0 spiro atoms. The van der Waals surface area contributed by atoms with Crippen LogP contribution in [-0.4, -0.2) is 25.2 Å². The van der Waals surface area contributed by atoms with E-state index in [1.165, 1.54) is 12.8 Å². The van der Waals surface area contributed by atoms with Gasteiger partial charge in [0.25, 0.3) is 0 Å². The Labute approximate surface area is 79.8 Å². The number of hydrogen-bond donors (Lipinski definition) is 1. The van der Waals surface area contributed by atoms with Gasteiger partial charge in [-0.2, -0.15) is 0 Å². The second-order valence-electron chi connectivity index (χ2n) is 3.92. The Kier molecular flexibility index (Phi) is 3.31. The summed E-state index contributed by atoms with van der Waals surface area (Å²) in [6, 6.07) is 0. The third-order valence-corrected chi connectivity index (χ3v) is 2.87. The molecular formula is C10H19NO2. The van der Waals surface area contributed by atoms with E-state index in [-0.39, 0.29) is 11.5 Å². The van der Waals surface area contributed by atoms with Gasteiger partial charge >= 0.3 is 5.97 Å². The van der Waals surface area contributed by atoms with Gasteiger partial charge in [-0.25, -0.2) is 0 Å². The van der Waals surface area contributed by atoms with E-state index >= 15 is 0 Å². The van der Waals surface area contributed by atoms with Crippen LogP contribution in [0.3, 0.4) is 0 Å². The summed E-state index contributed by atoms with van der Waals surface area (Å²) < 4.78 is 4.94. The van der Waals surface area contributed by atoms with Crippen LogP contribution in [0.1, 0.15) is 33.1 Å². The molecule has 0 aliphatic heterocycles. The van der Waals surface area contributed by atoms with Crippen molar-refractivity contribution in [1.29, 1.82) is 0 Å². The number of nitrogens with one attached hydrogen (secondary N) is 1. The Balaban J connectivity index is 2.42. The van der Waals surface area contributed by atoms with Crippen molar-refractivity contribution < 1.29 is 9.53 Å². The Morgan fingerprint density at radius 2 is 2.23 bits per heavy atom. The molecule has 1 atom stereocenters. The molecule has 3 heteroatoms. The molecule has 0 heterocycles. The lowest BCUT2D eigenvalue weighted by Crippen LogP contribution is -2.44. The van der Waals surface area contributed by atoms with Crippen LogP contribution in [0.5, 0.6) is 0 Å². The molecule has 3 nitrogen and oxygen atoms in total. The van der Waals surface area contributed by atoms with E-state index in [0.717, 1.165) is 0 Å². The van der Waals surface area contributed by atoms with Crippen LogP contribution in [0.2, 0.25) is 0 Å². The lowest BCUT2D eigenvalue weighted by molar-refractivity contribution is -0.144. The summed E-state index contributed by atoms with van der Waals surface area (Å²) >= 11 is 0. The summed E-state index contributed by atoms with van der Waals surface area (Å²) in [5, 5.41) is 3.23. The maximum absolute atomic E-state index is 11.3. The predicted octanol–water partition coefficient (Wildman–Crippen LogP) is 1.33. The van der Waals surface area contributed by atoms with Gasteiger partial charge in [0.2, 0.25) is 0 Å². The highest BCUT2D eigenvalue weighted by molar-refractivity contribution is 5.71. The zero-order chi connectivity index (χ0) is 9.90. The van der Waals surface area contributed by atoms with Crippen LogP contribution in [0, 0.1) is 5.92 Å². The molecule has 1 fully saturated rings. The second-order valence-corrected chi connectivity index (χ2v) is 3.92. The quantitative estimate of drug-likeness (QED) is 0.657. The molecule has 76 valence electrons. The maximum Gasteiger partial charge on any atom is 0.307 e. The molecule has 1 rings (SSSR count). The van der Waals surface area contributed by atoms with Gasteiger partial charge in [-0.3, -0.25) is 4.79 Å². The van der Waals surface area contributed by atoms with E-state index in [9.17, 15) is 4.79 Å². The smallest absolute Gasteiger partial charge is 0.307 e. The first-order chi connectivity index (χ1) is 6.12. The van der Waals surface area contributed by atoms with Gasteiger partial charge in [-0.1, -0.05) is 0 Å². The second kappa shape index (κ2) is 4.09. The number of hydrogen-bond acceptors (Lipinski definition) is 3. The highest BCUT2D eigenvalue weighted by atomic mass is 16.5. The normalized spacial score (nSPS) is 20.8. The third kappa shape index (κ3) is 2.69. The first-order valence-electron chi connectivity index (χ1n) is 4.97. The zero-order valence-corrected chi connectivity index (χ0v) is 8.72. The Bertz CT molecular complexity index is 189. The fraction of sp³-hybridized carbons (Fsp3) is 0.900. The third-order valence-electron chi connectivity index (χ3n) is 2.87. The Morgan fingerprint density at radius 3 is 2.62 bits per heavy atom. The minimum Gasteiger partial charge on any atom is -0.466 e. The fourth-order valence-electron chi connectivity index (χ4n) is 1.67. The van der Waals surface area contributed by atoms with Gasteiger partial charge in [-0.05, 0) is 39.7 Å². The molecule has 1 aliphatic rings. The molecule has 0 aromatic heterocycles. The van der Waals surface area contributed by atoms with Gasteiger partial charge < -0.3 is 10.1 Å². The van der Waals surface area contributed by atoms with E-state index in [4.69, 9.17) is 4.74 Å². The van der Waals surface area contributed by atoms with Gasteiger partial charge in [-0.15, -0.1) is 0 Å². The number of carbonyl (C=O) groups is 1. The molecule has 0 bridgehead atoms. The van der Waals surface area contributed by atoms with Crippen molar-refractivity contribution in [3.8, 4) is 0 Å². The van der Waals surface area contributed by atoms with Crippen molar-refractivity contribution in [3.63, 3.8) is 0 Å². The van der Waals surface area contributed by atoms with Crippen LogP contribution in [-0.2, 0) is 9.53 Å². The van der Waals surface area contributed by atoms with Crippen molar-refractivity contribution in [2.75, 3.05) is 13.7 Å². The van der Waals surface area contributed by atoms with Crippen LogP contribution in [0.15, 0.2) is 0 Å². The van der Waals surface area contributed by atoms with Gasteiger partial charge in [0.15, 0.2) is 0 Å².